The Labute approximate surface area is 236 Å². The van der Waals surface area contributed by atoms with E-state index in [4.69, 9.17) is 23.3 Å². The van der Waals surface area contributed by atoms with Crippen LogP contribution < -0.4 is 9.47 Å². The maximum Gasteiger partial charge on any atom is 0.586 e. The lowest BCUT2D eigenvalue weighted by molar-refractivity contribution is -0.286. The largest absolute Gasteiger partial charge is 0.586 e. The van der Waals surface area contributed by atoms with E-state index in [2.05, 4.69) is 9.47 Å². The van der Waals surface area contributed by atoms with Gasteiger partial charge in [0.15, 0.2) is 11.5 Å². The lowest BCUT2D eigenvalue weighted by Crippen LogP contribution is -2.26. The topological polar surface area (TPSA) is 80.9 Å². The Hall–Kier alpha value is -3.04. The van der Waals surface area contributed by atoms with Crippen LogP contribution in [0.2, 0.25) is 0 Å². The molecular weight excluding hydrogens is 487 g/mol. The number of halogens is 3. The van der Waals surface area contributed by atoms with Gasteiger partial charge in [0.25, 0.3) is 0 Å². The molecule has 198 valence electrons. The van der Waals surface area contributed by atoms with Crippen molar-refractivity contribution in [1.82, 2.24) is 4.57 Å². The Morgan fingerprint density at radius 1 is 1.27 bits per heavy atom. The van der Waals surface area contributed by atoms with Crippen molar-refractivity contribution < 1.29 is 61.0 Å². The predicted molar refractivity (Wildman–Crippen MR) is 131 cm³/mol. The molecule has 0 saturated heterocycles. The van der Waals surface area contributed by atoms with Crippen LogP contribution in [0.15, 0.2) is 36.3 Å². The normalized spacial score (nSPS) is 29.7. The molecule has 1 aromatic heterocycles. The number of nitrogens with zero attached hydrogens (tertiary/aromatic N) is 1. The maximum absolute atomic E-state index is 16.4. The first-order valence-electron chi connectivity index (χ1n) is 19.2. The van der Waals surface area contributed by atoms with Gasteiger partial charge in [-0.15, -0.1) is 8.78 Å². The number of aliphatic hydroxyl groups is 2. The molecule has 3 aromatic rings. The van der Waals surface area contributed by atoms with Gasteiger partial charge in [-0.05, 0) is 60.5 Å². The van der Waals surface area contributed by atoms with Crippen molar-refractivity contribution in [2.24, 2.45) is 0 Å². The van der Waals surface area contributed by atoms with E-state index in [1.165, 1.54) is 0 Å². The molecule has 2 N–H and O–H groups in total. The molecule has 6 nitrogen and oxygen atoms in total. The first-order chi connectivity index (χ1) is 23.9. The highest BCUT2D eigenvalue weighted by molar-refractivity contribution is 5.95. The van der Waals surface area contributed by atoms with Crippen molar-refractivity contribution in [2.75, 3.05) is 6.56 Å². The molecule has 2 aliphatic rings. The highest BCUT2D eigenvalue weighted by Crippen LogP contribution is 2.52. The van der Waals surface area contributed by atoms with E-state index in [9.17, 15) is 23.8 Å². The fraction of sp³-hybridized carbons (Fsp3) is 0.464. The van der Waals surface area contributed by atoms with E-state index in [1.54, 1.807) is 0 Å². The summed E-state index contributed by atoms with van der Waals surface area (Å²) < 4.78 is 195. The zero-order valence-corrected chi connectivity index (χ0v) is 19.4. The molecule has 1 fully saturated rings. The van der Waals surface area contributed by atoms with E-state index >= 15 is 4.39 Å². The summed E-state index contributed by atoms with van der Waals surface area (Å²) in [7, 11) is 0. The fourth-order valence-electron chi connectivity index (χ4n) is 3.70. The van der Waals surface area contributed by atoms with Crippen LogP contribution in [-0.2, 0) is 28.5 Å². The molecule has 1 aliphatic carbocycles. The third-order valence-electron chi connectivity index (χ3n) is 5.93. The van der Waals surface area contributed by atoms with Crippen molar-refractivity contribution in [1.29, 1.82) is 0 Å². The van der Waals surface area contributed by atoms with Gasteiger partial charge < -0.3 is 24.3 Å². The molecule has 2 aromatic carbocycles. The van der Waals surface area contributed by atoms with Crippen LogP contribution in [0, 0.1) is 5.82 Å². The average molecular weight is 535 g/mol. The van der Waals surface area contributed by atoms with Gasteiger partial charge in [-0.2, -0.15) is 0 Å². The van der Waals surface area contributed by atoms with E-state index in [0.717, 1.165) is 20.8 Å². The SMILES string of the molecule is [2H]c1c([2H])c(C2(C(=O)Cc3c(F)c([2H])c4c(c3[2H])c([2H])c(C(C)(C)C([2H])([2H])C)n4C([2H])([2H])[C@]([2H])(O)C([2H])([2H])O)C([2H])([2H])C2([2H])[2H])c([2H])c2c1OC(F)(F)O2. The van der Waals surface area contributed by atoms with E-state index in [1.807, 2.05) is 0 Å². The molecule has 0 amide bonds. The zero-order chi connectivity index (χ0) is 41.9. The number of ketones is 1. The van der Waals surface area contributed by atoms with E-state index < -0.39 is 149 Å². The Kier molecular flexibility index (Phi) is 2.89. The van der Waals surface area contributed by atoms with Crippen LogP contribution in [0.4, 0.5) is 13.2 Å². The van der Waals surface area contributed by atoms with Gasteiger partial charge in [0.05, 0.1) is 45.1 Å². The minimum Gasteiger partial charge on any atom is -0.395 e. The van der Waals surface area contributed by atoms with E-state index in [0.29, 0.717) is 0 Å². The van der Waals surface area contributed by atoms with Gasteiger partial charge in [-0.1, -0.05) is 26.8 Å². The second-order valence-corrected chi connectivity index (χ2v) is 8.70. The minimum absolute atomic E-state index is 0.0264. The lowest BCUT2D eigenvalue weighted by atomic mass is 9.86. The number of ether oxygens (including phenoxy) is 2. The molecule has 0 radical (unpaired) electrons. The Morgan fingerprint density at radius 3 is 2.62 bits per heavy atom. The average Bonchev–Trinajstić information content (AvgIpc) is 3.31. The summed E-state index contributed by atoms with van der Waals surface area (Å²) in [6.07, 6.45) is -19.6. The Morgan fingerprint density at radius 2 is 1.97 bits per heavy atom. The summed E-state index contributed by atoms with van der Waals surface area (Å²) in [6, 6.07) is -7.75. The molecule has 0 unspecified atom stereocenters. The number of hydrogen-bond acceptors (Lipinski definition) is 5. The van der Waals surface area contributed by atoms with Gasteiger partial charge >= 0.3 is 6.29 Å². The summed E-state index contributed by atoms with van der Waals surface area (Å²) in [5, 5.41) is 19.7. The lowest BCUT2D eigenvalue weighted by Gasteiger charge is -2.26. The number of benzene rings is 2. The molecule has 9 heteroatoms. The van der Waals surface area contributed by atoms with Crippen molar-refractivity contribution in [3.63, 3.8) is 0 Å². The molecule has 5 rings (SSSR count). The number of fused-ring (bicyclic) bond motifs is 2. The van der Waals surface area contributed by atoms with Crippen LogP contribution in [0.1, 0.15) is 80.0 Å². The highest BCUT2D eigenvalue weighted by atomic mass is 19.3. The molecule has 1 atom stereocenters. The van der Waals surface area contributed by atoms with Crippen molar-refractivity contribution in [3.05, 3.63) is 58.9 Å². The predicted octanol–water partition coefficient (Wildman–Crippen LogP) is 4.99. The number of hydrogen-bond donors (Lipinski definition) is 2. The number of alkyl halides is 2. The molecule has 1 saturated carbocycles. The Balaban J connectivity index is 1.84. The first-order valence-corrected chi connectivity index (χ1v) is 10.7. The number of carbonyl (C=O) groups is 1. The van der Waals surface area contributed by atoms with Crippen molar-refractivity contribution in [2.45, 2.75) is 76.0 Å². The number of Topliss-reactive ketones (excluding diaryl/α,β-unsaturated/α-hetero) is 1. The number of aromatic nitrogens is 1. The second kappa shape index (κ2) is 8.77. The zero-order valence-electron chi connectivity index (χ0n) is 36.4. The second-order valence-electron chi connectivity index (χ2n) is 8.70. The van der Waals surface area contributed by atoms with Crippen LogP contribution >= 0.6 is 0 Å². The molecule has 2 heterocycles. The standard InChI is InChI=1S/C28H30F3NO5/c1-4-26(2,3)24-10-17-9-16(20(29)13-21(17)32(24)14-19(34)15-33)11-25(35)27(7-8-27)18-5-6-22-23(12-18)37-28(30,31)36-22/h5-6,9-10,12-13,19,33-34H,4,7-8,11,14-15H2,1-3H3/t19-/m0/s1/i4D2,5D,6D,7D2,8D2,9D,10D,12D,13D,14D2,15D2,19D. The van der Waals surface area contributed by atoms with Gasteiger partial charge in [0.2, 0.25) is 0 Å². The van der Waals surface area contributed by atoms with Gasteiger partial charge in [-0.3, -0.25) is 4.79 Å². The van der Waals surface area contributed by atoms with Crippen molar-refractivity contribution >= 4 is 16.7 Å². The van der Waals surface area contributed by atoms with Gasteiger partial charge in [-0.25, -0.2) is 4.39 Å². The molecular formula is C28H30F3NO5. The summed E-state index contributed by atoms with van der Waals surface area (Å²) in [5.41, 5.74) is -10.0. The number of carbonyl (C=O) groups excluding carboxylic acids is 1. The monoisotopic (exact) mass is 534 g/mol. The summed E-state index contributed by atoms with van der Waals surface area (Å²) in [5.74, 6) is -6.05. The maximum atomic E-state index is 16.4. The summed E-state index contributed by atoms with van der Waals surface area (Å²) in [4.78, 5) is 14.2. The highest BCUT2D eigenvalue weighted by Gasteiger charge is 2.52. The van der Waals surface area contributed by atoms with Crippen LogP contribution in [0.5, 0.6) is 11.5 Å². The third-order valence-corrected chi connectivity index (χ3v) is 5.93. The van der Waals surface area contributed by atoms with Crippen molar-refractivity contribution in [3.8, 4) is 11.5 Å². The van der Waals surface area contributed by atoms with Crippen LogP contribution in [0.25, 0.3) is 10.9 Å². The summed E-state index contributed by atoms with van der Waals surface area (Å²) >= 11 is 0. The van der Waals surface area contributed by atoms with Gasteiger partial charge in [0, 0.05) is 31.1 Å². The first kappa shape index (κ1) is 12.2. The van der Waals surface area contributed by atoms with Crippen LogP contribution in [-0.4, -0.2) is 39.5 Å². The number of rotatable bonds is 9. The third kappa shape index (κ3) is 4.48. The Bertz CT molecular complexity index is 2140. The molecule has 37 heavy (non-hydrogen) atoms. The van der Waals surface area contributed by atoms with Gasteiger partial charge in [0.1, 0.15) is 11.6 Å². The van der Waals surface area contributed by atoms with E-state index in [-0.39, 0.29) is 4.57 Å². The molecule has 0 bridgehead atoms. The smallest absolute Gasteiger partial charge is 0.395 e. The molecule has 1 aliphatic heterocycles. The molecule has 0 spiro atoms. The quantitative estimate of drug-likeness (QED) is 0.405. The summed E-state index contributed by atoms with van der Waals surface area (Å²) in [6.45, 7) is -5.01. The minimum atomic E-state index is -4.48. The fourth-order valence-corrected chi connectivity index (χ4v) is 3.70. The van der Waals surface area contributed by atoms with Crippen LogP contribution in [0.3, 0.4) is 0 Å².